The summed E-state index contributed by atoms with van der Waals surface area (Å²) in [7, 11) is 0. The van der Waals surface area contributed by atoms with Gasteiger partial charge in [-0.1, -0.05) is 0 Å². The number of hydrogen-bond donors (Lipinski definition) is 2. The van der Waals surface area contributed by atoms with Gasteiger partial charge in [0.15, 0.2) is 0 Å². The SMILES string of the molecule is Cc1c(F)cc(C(N)=O)cc1NC1CCOCC1. The van der Waals surface area contributed by atoms with Crippen LogP contribution in [0.15, 0.2) is 12.1 Å². The van der Waals surface area contributed by atoms with Crippen LogP contribution in [0, 0.1) is 12.7 Å². The maximum Gasteiger partial charge on any atom is 0.248 e. The summed E-state index contributed by atoms with van der Waals surface area (Å²) in [4.78, 5) is 11.1. The van der Waals surface area contributed by atoms with Crippen molar-refractivity contribution in [3.63, 3.8) is 0 Å². The minimum absolute atomic E-state index is 0.188. The predicted octanol–water partition coefficient (Wildman–Crippen LogP) is 1.82. The van der Waals surface area contributed by atoms with Gasteiger partial charge in [-0.15, -0.1) is 0 Å². The Morgan fingerprint density at radius 2 is 2.11 bits per heavy atom. The minimum Gasteiger partial charge on any atom is -0.382 e. The Balaban J connectivity index is 2.22. The molecular weight excluding hydrogens is 235 g/mol. The number of nitrogens with one attached hydrogen (secondary N) is 1. The van der Waals surface area contributed by atoms with Crippen LogP contribution in [0.3, 0.4) is 0 Å². The lowest BCUT2D eigenvalue weighted by atomic mass is 10.1. The summed E-state index contributed by atoms with van der Waals surface area (Å²) in [5, 5.41) is 3.26. The third kappa shape index (κ3) is 2.79. The van der Waals surface area contributed by atoms with E-state index in [1.165, 1.54) is 6.07 Å². The number of amides is 1. The molecule has 0 radical (unpaired) electrons. The number of halogens is 1. The van der Waals surface area contributed by atoms with E-state index in [4.69, 9.17) is 10.5 Å². The number of ether oxygens (including phenoxy) is 1. The molecule has 2 rings (SSSR count). The highest BCUT2D eigenvalue weighted by Crippen LogP contribution is 2.23. The van der Waals surface area contributed by atoms with Gasteiger partial charge in [-0.25, -0.2) is 4.39 Å². The summed E-state index contributed by atoms with van der Waals surface area (Å²) in [5.74, 6) is -1.04. The summed E-state index contributed by atoms with van der Waals surface area (Å²) in [6.07, 6.45) is 1.75. The Kier molecular flexibility index (Phi) is 3.81. The average molecular weight is 252 g/mol. The van der Waals surface area contributed by atoms with Crippen molar-refractivity contribution in [1.29, 1.82) is 0 Å². The molecule has 1 aromatic carbocycles. The first-order valence-electron chi connectivity index (χ1n) is 6.02. The topological polar surface area (TPSA) is 64.4 Å². The van der Waals surface area contributed by atoms with Gasteiger partial charge < -0.3 is 15.8 Å². The Morgan fingerprint density at radius 3 is 2.72 bits per heavy atom. The highest BCUT2D eigenvalue weighted by molar-refractivity contribution is 5.94. The molecule has 1 heterocycles. The van der Waals surface area contributed by atoms with Crippen molar-refractivity contribution in [1.82, 2.24) is 0 Å². The summed E-state index contributed by atoms with van der Waals surface area (Å²) in [6.45, 7) is 3.09. The fourth-order valence-corrected chi connectivity index (χ4v) is 2.03. The molecule has 0 aliphatic carbocycles. The quantitative estimate of drug-likeness (QED) is 0.862. The van der Waals surface area contributed by atoms with Gasteiger partial charge in [0.25, 0.3) is 0 Å². The van der Waals surface area contributed by atoms with Gasteiger partial charge in [-0.05, 0) is 31.9 Å². The van der Waals surface area contributed by atoms with Crippen LogP contribution in [0.5, 0.6) is 0 Å². The lowest BCUT2D eigenvalue weighted by Gasteiger charge is -2.25. The van der Waals surface area contributed by atoms with Gasteiger partial charge in [-0.2, -0.15) is 0 Å². The molecule has 0 bridgehead atoms. The minimum atomic E-state index is -0.621. The van der Waals surface area contributed by atoms with Gasteiger partial charge >= 0.3 is 0 Å². The van der Waals surface area contributed by atoms with Crippen LogP contribution in [-0.4, -0.2) is 25.2 Å². The van der Waals surface area contributed by atoms with Crippen molar-refractivity contribution in [3.8, 4) is 0 Å². The fourth-order valence-electron chi connectivity index (χ4n) is 2.03. The number of carbonyl (C=O) groups is 1. The summed E-state index contributed by atoms with van der Waals surface area (Å²) in [6, 6.07) is 3.03. The zero-order valence-electron chi connectivity index (χ0n) is 10.3. The molecule has 98 valence electrons. The molecule has 1 aliphatic heterocycles. The van der Waals surface area contributed by atoms with E-state index in [1.807, 2.05) is 0 Å². The molecule has 0 aromatic heterocycles. The average Bonchev–Trinajstić information content (AvgIpc) is 2.35. The van der Waals surface area contributed by atoms with E-state index in [1.54, 1.807) is 13.0 Å². The molecule has 0 saturated carbocycles. The van der Waals surface area contributed by atoms with Gasteiger partial charge in [-0.3, -0.25) is 4.79 Å². The molecule has 1 amide bonds. The number of rotatable bonds is 3. The molecule has 0 atom stereocenters. The summed E-state index contributed by atoms with van der Waals surface area (Å²) >= 11 is 0. The molecule has 1 fully saturated rings. The Hall–Kier alpha value is -1.62. The summed E-state index contributed by atoms with van der Waals surface area (Å²) in [5.41, 5.74) is 6.51. The number of anilines is 1. The largest absolute Gasteiger partial charge is 0.382 e. The maximum atomic E-state index is 13.7. The monoisotopic (exact) mass is 252 g/mol. The Labute approximate surface area is 105 Å². The normalized spacial score (nSPS) is 16.6. The number of nitrogens with two attached hydrogens (primary N) is 1. The van der Waals surface area contributed by atoms with E-state index in [0.29, 0.717) is 24.5 Å². The molecule has 1 saturated heterocycles. The van der Waals surface area contributed by atoms with E-state index in [-0.39, 0.29) is 11.6 Å². The van der Waals surface area contributed by atoms with Crippen molar-refractivity contribution in [2.75, 3.05) is 18.5 Å². The molecular formula is C13H17FN2O2. The second kappa shape index (κ2) is 5.35. The zero-order chi connectivity index (χ0) is 13.1. The van der Waals surface area contributed by atoms with Crippen LogP contribution in [-0.2, 0) is 4.74 Å². The first-order valence-corrected chi connectivity index (χ1v) is 6.02. The van der Waals surface area contributed by atoms with Crippen LogP contribution in [0.2, 0.25) is 0 Å². The van der Waals surface area contributed by atoms with Crippen LogP contribution in [0.25, 0.3) is 0 Å². The second-order valence-corrected chi connectivity index (χ2v) is 4.53. The van der Waals surface area contributed by atoms with Gasteiger partial charge in [0.1, 0.15) is 5.82 Å². The Bertz CT molecular complexity index is 457. The van der Waals surface area contributed by atoms with Crippen molar-refractivity contribution >= 4 is 11.6 Å². The zero-order valence-corrected chi connectivity index (χ0v) is 10.3. The molecule has 3 N–H and O–H groups in total. The van der Waals surface area contributed by atoms with E-state index in [0.717, 1.165) is 12.8 Å². The van der Waals surface area contributed by atoms with Crippen molar-refractivity contribution in [2.24, 2.45) is 5.73 Å². The smallest absolute Gasteiger partial charge is 0.248 e. The highest BCUT2D eigenvalue weighted by Gasteiger charge is 2.16. The first-order chi connectivity index (χ1) is 8.58. The van der Waals surface area contributed by atoms with E-state index in [9.17, 15) is 9.18 Å². The van der Waals surface area contributed by atoms with Gasteiger partial charge in [0.2, 0.25) is 5.91 Å². The standard InChI is InChI=1S/C13H17FN2O2/c1-8-11(14)6-9(13(15)17)7-12(8)16-10-2-4-18-5-3-10/h6-7,10,16H,2-5H2,1H3,(H2,15,17). The van der Waals surface area contributed by atoms with Crippen LogP contribution >= 0.6 is 0 Å². The van der Waals surface area contributed by atoms with Crippen LogP contribution in [0.1, 0.15) is 28.8 Å². The summed E-state index contributed by atoms with van der Waals surface area (Å²) < 4.78 is 18.9. The maximum absolute atomic E-state index is 13.7. The van der Waals surface area contributed by atoms with E-state index >= 15 is 0 Å². The lowest BCUT2D eigenvalue weighted by molar-refractivity contribution is 0.0904. The number of benzene rings is 1. The molecule has 4 nitrogen and oxygen atoms in total. The predicted molar refractivity (Wildman–Crippen MR) is 67.1 cm³/mol. The Morgan fingerprint density at radius 1 is 1.44 bits per heavy atom. The number of primary amides is 1. The van der Waals surface area contributed by atoms with Crippen molar-refractivity contribution in [2.45, 2.75) is 25.8 Å². The van der Waals surface area contributed by atoms with Gasteiger partial charge in [0, 0.05) is 36.1 Å². The van der Waals surface area contributed by atoms with Crippen molar-refractivity contribution < 1.29 is 13.9 Å². The molecule has 1 aliphatic rings. The molecule has 1 aromatic rings. The third-order valence-corrected chi connectivity index (χ3v) is 3.21. The lowest BCUT2D eigenvalue weighted by Crippen LogP contribution is -2.28. The molecule has 0 spiro atoms. The molecule has 0 unspecified atom stereocenters. The number of hydrogen-bond acceptors (Lipinski definition) is 3. The third-order valence-electron chi connectivity index (χ3n) is 3.21. The van der Waals surface area contributed by atoms with E-state index in [2.05, 4.69) is 5.32 Å². The molecule has 18 heavy (non-hydrogen) atoms. The van der Waals surface area contributed by atoms with Gasteiger partial charge in [0.05, 0.1) is 0 Å². The van der Waals surface area contributed by atoms with E-state index < -0.39 is 11.7 Å². The van der Waals surface area contributed by atoms with Crippen molar-refractivity contribution in [3.05, 3.63) is 29.1 Å². The van der Waals surface area contributed by atoms with Crippen LogP contribution < -0.4 is 11.1 Å². The fraction of sp³-hybridized carbons (Fsp3) is 0.462. The molecule has 5 heteroatoms. The number of carbonyl (C=O) groups excluding carboxylic acids is 1. The van der Waals surface area contributed by atoms with Crippen LogP contribution in [0.4, 0.5) is 10.1 Å². The second-order valence-electron chi connectivity index (χ2n) is 4.53. The first kappa shape index (κ1) is 12.8. The highest BCUT2D eigenvalue weighted by atomic mass is 19.1.